The maximum absolute atomic E-state index is 12.9. The fraction of sp³-hybridized carbons (Fsp3) is 0.160. The molecule has 0 saturated carbocycles. The third-order valence-electron chi connectivity index (χ3n) is 4.95. The number of rotatable bonds is 9. The highest BCUT2D eigenvalue weighted by atomic mass is 32.2. The lowest BCUT2D eigenvalue weighted by molar-refractivity contribution is -0.113. The molecule has 0 spiro atoms. The molecule has 0 saturated heterocycles. The molecule has 3 aromatic carbocycles. The summed E-state index contributed by atoms with van der Waals surface area (Å²) in [5.74, 6) is -0.159. The quantitative estimate of drug-likeness (QED) is 0.300. The summed E-state index contributed by atoms with van der Waals surface area (Å²) in [6, 6.07) is 24.0. The average Bonchev–Trinajstić information content (AvgIpc) is 3.19. The highest BCUT2D eigenvalue weighted by Crippen LogP contribution is 2.25. The fourth-order valence-electron chi connectivity index (χ4n) is 3.41. The van der Waals surface area contributed by atoms with Gasteiger partial charge in [-0.25, -0.2) is 4.98 Å². The maximum atomic E-state index is 12.9. The number of amides is 1. The Balaban J connectivity index is 1.48. The predicted molar refractivity (Wildman–Crippen MR) is 127 cm³/mol. The molecule has 0 bridgehead atoms. The Hall–Kier alpha value is -3.42. The molecular weight excluding hydrogens is 422 g/mol. The molecule has 32 heavy (non-hydrogen) atoms. The molecule has 1 N–H and O–H groups in total. The van der Waals surface area contributed by atoms with Gasteiger partial charge in [0, 0.05) is 24.8 Å². The first-order chi connectivity index (χ1) is 15.7. The summed E-state index contributed by atoms with van der Waals surface area (Å²) in [5, 5.41) is 3.64. The molecule has 1 aromatic heterocycles. The molecule has 6 nitrogen and oxygen atoms in total. The average molecular weight is 446 g/mol. The third-order valence-corrected chi connectivity index (χ3v) is 5.93. The van der Waals surface area contributed by atoms with Crippen molar-refractivity contribution in [2.24, 2.45) is 0 Å². The Bertz CT molecular complexity index is 1240. The van der Waals surface area contributed by atoms with Crippen molar-refractivity contribution in [2.75, 3.05) is 24.8 Å². The summed E-state index contributed by atoms with van der Waals surface area (Å²) in [6.45, 7) is 1.20. The van der Waals surface area contributed by atoms with E-state index in [9.17, 15) is 9.59 Å². The summed E-state index contributed by atoms with van der Waals surface area (Å²) in [6.07, 6.45) is 0. The van der Waals surface area contributed by atoms with Crippen LogP contribution in [0.5, 0.6) is 0 Å². The summed E-state index contributed by atoms with van der Waals surface area (Å²) in [4.78, 5) is 30.3. The molecule has 0 unspecified atom stereocenters. The smallest absolute Gasteiger partial charge is 0.234 e. The Morgan fingerprint density at radius 2 is 1.69 bits per heavy atom. The minimum Gasteiger partial charge on any atom is -0.383 e. The molecule has 1 amide bonds. The predicted octanol–water partition coefficient (Wildman–Crippen LogP) is 4.64. The van der Waals surface area contributed by atoms with Gasteiger partial charge in [-0.2, -0.15) is 0 Å². The number of carbonyl (C=O) groups is 2. The van der Waals surface area contributed by atoms with Crippen molar-refractivity contribution >= 4 is 40.2 Å². The number of aromatic nitrogens is 2. The van der Waals surface area contributed by atoms with E-state index in [0.29, 0.717) is 30.0 Å². The topological polar surface area (TPSA) is 73.2 Å². The van der Waals surface area contributed by atoms with Gasteiger partial charge < -0.3 is 14.6 Å². The zero-order chi connectivity index (χ0) is 22.3. The SMILES string of the molecule is COCCn1c(SCC(=O)Nc2ccccc2C(=O)c2ccccc2)nc2ccccc21. The van der Waals surface area contributed by atoms with Gasteiger partial charge in [0.05, 0.1) is 29.1 Å². The number of ether oxygens (including phenoxy) is 1. The molecule has 4 aromatic rings. The number of nitrogens with one attached hydrogen (secondary N) is 1. The van der Waals surface area contributed by atoms with E-state index in [0.717, 1.165) is 16.2 Å². The van der Waals surface area contributed by atoms with E-state index in [1.165, 1.54) is 11.8 Å². The van der Waals surface area contributed by atoms with E-state index in [1.807, 2.05) is 42.5 Å². The zero-order valence-corrected chi connectivity index (χ0v) is 18.5. The molecule has 0 aliphatic carbocycles. The second-order valence-corrected chi connectivity index (χ2v) is 8.05. The standard InChI is InChI=1S/C25H23N3O3S/c1-31-16-15-28-22-14-8-7-13-21(22)27-25(28)32-17-23(29)26-20-12-6-5-11-19(20)24(30)18-9-3-2-4-10-18/h2-14H,15-17H2,1H3,(H,26,29). The monoisotopic (exact) mass is 445 g/mol. The van der Waals surface area contributed by atoms with Crippen LogP contribution in [0.15, 0.2) is 84.0 Å². The third kappa shape index (κ3) is 4.90. The van der Waals surface area contributed by atoms with Crippen molar-refractivity contribution in [2.45, 2.75) is 11.7 Å². The van der Waals surface area contributed by atoms with Crippen LogP contribution < -0.4 is 5.32 Å². The van der Waals surface area contributed by atoms with Crippen LogP contribution in [-0.2, 0) is 16.1 Å². The van der Waals surface area contributed by atoms with Crippen molar-refractivity contribution in [3.63, 3.8) is 0 Å². The number of anilines is 1. The van der Waals surface area contributed by atoms with Crippen LogP contribution in [0.25, 0.3) is 11.0 Å². The fourth-order valence-corrected chi connectivity index (χ4v) is 4.25. The number of hydrogen-bond acceptors (Lipinski definition) is 5. The van der Waals surface area contributed by atoms with Gasteiger partial charge in [-0.05, 0) is 24.3 Å². The minimum absolute atomic E-state index is 0.129. The van der Waals surface area contributed by atoms with E-state index in [1.54, 1.807) is 43.5 Å². The number of thioether (sulfide) groups is 1. The molecule has 0 atom stereocenters. The molecule has 162 valence electrons. The highest BCUT2D eigenvalue weighted by molar-refractivity contribution is 7.99. The van der Waals surface area contributed by atoms with Gasteiger partial charge >= 0.3 is 0 Å². The Morgan fingerprint density at radius 3 is 2.50 bits per heavy atom. The summed E-state index contributed by atoms with van der Waals surface area (Å²) >= 11 is 1.36. The van der Waals surface area contributed by atoms with Crippen LogP contribution in [0.1, 0.15) is 15.9 Å². The lowest BCUT2D eigenvalue weighted by Crippen LogP contribution is -2.17. The first-order valence-corrected chi connectivity index (χ1v) is 11.2. The molecule has 7 heteroatoms. The van der Waals surface area contributed by atoms with Gasteiger partial charge in [-0.1, -0.05) is 66.4 Å². The number of fused-ring (bicyclic) bond motifs is 1. The molecule has 0 aliphatic rings. The van der Waals surface area contributed by atoms with Crippen molar-refractivity contribution in [1.82, 2.24) is 9.55 Å². The zero-order valence-electron chi connectivity index (χ0n) is 17.7. The van der Waals surface area contributed by atoms with Crippen molar-refractivity contribution < 1.29 is 14.3 Å². The van der Waals surface area contributed by atoms with E-state index in [2.05, 4.69) is 14.9 Å². The normalized spacial score (nSPS) is 10.9. The van der Waals surface area contributed by atoms with Crippen molar-refractivity contribution in [3.05, 3.63) is 90.0 Å². The Morgan fingerprint density at radius 1 is 0.969 bits per heavy atom. The van der Waals surface area contributed by atoms with Gasteiger partial charge in [0.15, 0.2) is 10.9 Å². The van der Waals surface area contributed by atoms with Gasteiger partial charge in [-0.15, -0.1) is 0 Å². The van der Waals surface area contributed by atoms with E-state index >= 15 is 0 Å². The van der Waals surface area contributed by atoms with Crippen LogP contribution in [0.3, 0.4) is 0 Å². The first kappa shape index (κ1) is 21.8. The van der Waals surface area contributed by atoms with E-state index in [-0.39, 0.29) is 17.4 Å². The Labute approximate surface area is 190 Å². The van der Waals surface area contributed by atoms with E-state index < -0.39 is 0 Å². The van der Waals surface area contributed by atoms with E-state index in [4.69, 9.17) is 4.74 Å². The molecule has 1 heterocycles. The molecule has 0 fully saturated rings. The van der Waals surface area contributed by atoms with Gasteiger partial charge in [0.1, 0.15) is 0 Å². The minimum atomic E-state index is -0.200. The number of imidazole rings is 1. The van der Waals surface area contributed by atoms with Gasteiger partial charge in [-0.3, -0.25) is 9.59 Å². The molecule has 4 rings (SSSR count). The Kier molecular flexibility index (Phi) is 6.99. The summed E-state index contributed by atoms with van der Waals surface area (Å²) in [5.41, 5.74) is 3.43. The largest absolute Gasteiger partial charge is 0.383 e. The van der Waals surface area contributed by atoms with Crippen molar-refractivity contribution in [3.8, 4) is 0 Å². The van der Waals surface area contributed by atoms with Gasteiger partial charge in [0.2, 0.25) is 5.91 Å². The van der Waals surface area contributed by atoms with Crippen LogP contribution in [-0.4, -0.2) is 40.7 Å². The van der Waals surface area contributed by atoms with Gasteiger partial charge in [0.25, 0.3) is 0 Å². The molecular formula is C25H23N3O3S. The first-order valence-electron chi connectivity index (χ1n) is 10.2. The molecule has 0 radical (unpaired) electrons. The number of nitrogens with zero attached hydrogens (tertiary/aromatic N) is 2. The number of para-hydroxylation sites is 3. The number of benzene rings is 3. The number of ketones is 1. The lowest BCUT2D eigenvalue weighted by atomic mass is 10.0. The summed E-state index contributed by atoms with van der Waals surface area (Å²) in [7, 11) is 1.66. The maximum Gasteiger partial charge on any atom is 0.234 e. The highest BCUT2D eigenvalue weighted by Gasteiger charge is 2.16. The van der Waals surface area contributed by atoms with Crippen molar-refractivity contribution in [1.29, 1.82) is 0 Å². The van der Waals surface area contributed by atoms with Crippen LogP contribution in [0.2, 0.25) is 0 Å². The second-order valence-electron chi connectivity index (χ2n) is 7.11. The number of hydrogen-bond donors (Lipinski definition) is 1. The second kappa shape index (κ2) is 10.3. The van der Waals surface area contributed by atoms with Crippen LogP contribution in [0.4, 0.5) is 5.69 Å². The number of methoxy groups -OCH3 is 1. The lowest BCUT2D eigenvalue weighted by Gasteiger charge is -2.11. The number of carbonyl (C=O) groups excluding carboxylic acids is 2. The van der Waals surface area contributed by atoms with Crippen LogP contribution >= 0.6 is 11.8 Å². The van der Waals surface area contributed by atoms with Crippen LogP contribution in [0, 0.1) is 0 Å². The summed E-state index contributed by atoms with van der Waals surface area (Å²) < 4.78 is 7.29. The molecule has 0 aliphatic heterocycles.